The van der Waals surface area contributed by atoms with Crippen molar-refractivity contribution in [2.75, 3.05) is 43.9 Å². The number of benzene rings is 2. The number of fused-ring (bicyclic) bond motifs is 1. The topological polar surface area (TPSA) is 73.0 Å². The first-order valence-corrected chi connectivity index (χ1v) is 15.3. The Labute approximate surface area is 254 Å². The van der Waals surface area contributed by atoms with Crippen LogP contribution in [0.2, 0.25) is 0 Å². The van der Waals surface area contributed by atoms with Crippen LogP contribution in [0.5, 0.6) is 0 Å². The van der Waals surface area contributed by atoms with Gasteiger partial charge in [0.15, 0.2) is 0 Å². The van der Waals surface area contributed by atoms with Gasteiger partial charge in [-0.1, -0.05) is 18.2 Å². The van der Waals surface area contributed by atoms with Gasteiger partial charge in [-0.25, -0.2) is 8.78 Å². The zero-order chi connectivity index (χ0) is 30.7. The predicted octanol–water partition coefficient (Wildman–Crippen LogP) is 5.86. The summed E-state index contributed by atoms with van der Waals surface area (Å²) >= 11 is 1.53. The van der Waals surface area contributed by atoms with Crippen molar-refractivity contribution in [3.05, 3.63) is 87.6 Å². The Bertz CT molecular complexity index is 1520. The van der Waals surface area contributed by atoms with E-state index in [4.69, 9.17) is 0 Å². The molecule has 0 atom stereocenters. The van der Waals surface area contributed by atoms with Crippen LogP contribution >= 0.6 is 11.3 Å². The molecule has 1 N–H and O–H groups in total. The number of alkyl halides is 2. The van der Waals surface area contributed by atoms with Crippen LogP contribution in [0.3, 0.4) is 0 Å². The second-order valence-corrected chi connectivity index (χ2v) is 12.3. The smallest absolute Gasteiger partial charge is 0.275 e. The van der Waals surface area contributed by atoms with Crippen LogP contribution in [0.25, 0.3) is 5.57 Å². The molecule has 3 amide bonds. The van der Waals surface area contributed by atoms with Gasteiger partial charge in [-0.05, 0) is 81.2 Å². The summed E-state index contributed by atoms with van der Waals surface area (Å²) in [6.45, 7) is 2.75. The molecule has 1 saturated heterocycles. The highest BCUT2D eigenvalue weighted by atomic mass is 32.1. The van der Waals surface area contributed by atoms with Crippen molar-refractivity contribution >= 4 is 46.0 Å². The highest BCUT2D eigenvalue weighted by Gasteiger charge is 2.42. The number of aryl methyl sites for hydroxylation is 1. The SMILES string of the molecule is Cc1ccsc1CC(=O)Nc1ccc(C(=O)N2CCC(F)(F)/C(=C\C(=O)N3CCC(N(C)C)CC3)c3ccccc32)cc1. The molecule has 0 saturated carbocycles. The summed E-state index contributed by atoms with van der Waals surface area (Å²) in [5.74, 6) is -4.34. The molecule has 2 aliphatic heterocycles. The van der Waals surface area contributed by atoms with Crippen molar-refractivity contribution in [3.63, 3.8) is 0 Å². The van der Waals surface area contributed by atoms with Crippen molar-refractivity contribution < 1.29 is 23.2 Å². The first kappa shape index (κ1) is 30.6. The molecule has 0 radical (unpaired) electrons. The first-order valence-electron chi connectivity index (χ1n) is 14.4. The van der Waals surface area contributed by atoms with Crippen molar-refractivity contribution in [1.82, 2.24) is 9.80 Å². The molecular weight excluding hydrogens is 570 g/mol. The maximum atomic E-state index is 15.7. The minimum absolute atomic E-state index is 0.163. The summed E-state index contributed by atoms with van der Waals surface area (Å²) in [4.78, 5) is 45.5. The van der Waals surface area contributed by atoms with Crippen LogP contribution < -0.4 is 10.2 Å². The van der Waals surface area contributed by atoms with Gasteiger partial charge < -0.3 is 20.0 Å². The number of rotatable bonds is 6. The van der Waals surface area contributed by atoms with Gasteiger partial charge in [0.1, 0.15) is 0 Å². The number of allylic oxidation sites excluding steroid dienone is 1. The largest absolute Gasteiger partial charge is 0.339 e. The number of hydrogen-bond acceptors (Lipinski definition) is 5. The van der Waals surface area contributed by atoms with Crippen molar-refractivity contribution in [2.45, 2.75) is 44.6 Å². The van der Waals surface area contributed by atoms with Crippen molar-refractivity contribution in [1.29, 1.82) is 0 Å². The molecule has 3 aromatic rings. The van der Waals surface area contributed by atoms with E-state index in [2.05, 4.69) is 10.2 Å². The lowest BCUT2D eigenvalue weighted by Crippen LogP contribution is -2.44. The number of para-hydroxylation sites is 1. The van der Waals surface area contributed by atoms with Crippen molar-refractivity contribution in [2.24, 2.45) is 0 Å². The molecule has 43 heavy (non-hydrogen) atoms. The number of nitrogens with one attached hydrogen (secondary N) is 1. The normalized spacial score (nSPS) is 18.0. The molecule has 226 valence electrons. The van der Waals surface area contributed by atoms with E-state index < -0.39 is 24.2 Å². The molecule has 0 spiro atoms. The number of carbonyl (C=O) groups excluding carboxylic acids is 3. The number of amides is 3. The fourth-order valence-electron chi connectivity index (χ4n) is 5.64. The average Bonchev–Trinajstić information content (AvgIpc) is 3.35. The average molecular weight is 607 g/mol. The molecule has 0 aliphatic carbocycles. The van der Waals surface area contributed by atoms with E-state index in [1.807, 2.05) is 32.5 Å². The Balaban J connectivity index is 1.34. The zero-order valence-electron chi connectivity index (χ0n) is 24.6. The number of anilines is 2. The molecular formula is C33H36F2N4O3S. The number of piperidine rings is 1. The van der Waals surface area contributed by atoms with Crippen LogP contribution in [-0.2, 0) is 16.0 Å². The van der Waals surface area contributed by atoms with Crippen LogP contribution in [0, 0.1) is 6.92 Å². The Morgan fingerprint density at radius 1 is 1.02 bits per heavy atom. The third-order valence-electron chi connectivity index (χ3n) is 8.25. The number of likely N-dealkylation sites (tertiary alicyclic amines) is 1. The maximum absolute atomic E-state index is 15.7. The number of nitrogens with zero attached hydrogens (tertiary/aromatic N) is 3. The van der Waals surface area contributed by atoms with Gasteiger partial charge in [0.05, 0.1) is 12.1 Å². The van der Waals surface area contributed by atoms with E-state index in [-0.39, 0.29) is 30.0 Å². The number of hydrogen-bond donors (Lipinski definition) is 1. The van der Waals surface area contributed by atoms with Gasteiger partial charge in [-0.2, -0.15) is 0 Å². The summed E-state index contributed by atoms with van der Waals surface area (Å²) in [5.41, 5.74) is 2.05. The fourth-order valence-corrected chi connectivity index (χ4v) is 6.55. The number of carbonyl (C=O) groups is 3. The van der Waals surface area contributed by atoms with Crippen LogP contribution in [-0.4, -0.2) is 73.2 Å². The summed E-state index contributed by atoms with van der Waals surface area (Å²) < 4.78 is 31.3. The van der Waals surface area contributed by atoms with E-state index >= 15 is 8.78 Å². The second kappa shape index (κ2) is 12.8. The number of thiophene rings is 1. The van der Waals surface area contributed by atoms with Crippen LogP contribution in [0.4, 0.5) is 20.2 Å². The lowest BCUT2D eigenvalue weighted by atomic mass is 9.96. The Morgan fingerprint density at radius 3 is 2.37 bits per heavy atom. The number of halogens is 2. The predicted molar refractivity (Wildman–Crippen MR) is 167 cm³/mol. The van der Waals surface area contributed by atoms with E-state index in [0.29, 0.717) is 36.1 Å². The second-order valence-electron chi connectivity index (χ2n) is 11.3. The summed E-state index contributed by atoms with van der Waals surface area (Å²) in [6, 6.07) is 15.3. The third-order valence-corrected chi connectivity index (χ3v) is 9.28. The first-order chi connectivity index (χ1) is 20.5. The Morgan fingerprint density at radius 2 is 1.72 bits per heavy atom. The molecule has 2 aliphatic rings. The Hall–Kier alpha value is -3.89. The summed E-state index contributed by atoms with van der Waals surface area (Å²) in [5, 5.41) is 4.79. The lowest BCUT2D eigenvalue weighted by molar-refractivity contribution is -0.127. The molecule has 0 bridgehead atoms. The molecule has 5 rings (SSSR count). The molecule has 1 aromatic heterocycles. The Kier molecular flexibility index (Phi) is 9.08. The van der Waals surface area contributed by atoms with E-state index in [1.54, 1.807) is 53.4 Å². The van der Waals surface area contributed by atoms with Gasteiger partial charge in [0.25, 0.3) is 11.8 Å². The zero-order valence-corrected chi connectivity index (χ0v) is 25.4. The van der Waals surface area contributed by atoms with Gasteiger partial charge in [0.2, 0.25) is 11.8 Å². The van der Waals surface area contributed by atoms with Gasteiger partial charge in [-0.3, -0.25) is 14.4 Å². The molecule has 10 heteroatoms. The minimum atomic E-state index is -3.31. The molecule has 0 unspecified atom stereocenters. The molecule has 2 aromatic carbocycles. The third kappa shape index (κ3) is 6.86. The van der Waals surface area contributed by atoms with Gasteiger partial charge >= 0.3 is 0 Å². The molecule has 3 heterocycles. The van der Waals surface area contributed by atoms with Crippen LogP contribution in [0.1, 0.15) is 45.6 Å². The lowest BCUT2D eigenvalue weighted by Gasteiger charge is -2.35. The van der Waals surface area contributed by atoms with E-state index in [0.717, 1.165) is 29.4 Å². The summed E-state index contributed by atoms with van der Waals surface area (Å²) in [6.07, 6.45) is 2.28. The fraction of sp³-hybridized carbons (Fsp3) is 0.364. The summed E-state index contributed by atoms with van der Waals surface area (Å²) in [7, 11) is 4.00. The minimum Gasteiger partial charge on any atom is -0.339 e. The quantitative estimate of drug-likeness (QED) is 0.357. The van der Waals surface area contributed by atoms with E-state index in [9.17, 15) is 14.4 Å². The monoisotopic (exact) mass is 606 g/mol. The highest BCUT2D eigenvalue weighted by Crippen LogP contribution is 2.43. The molecule has 7 nitrogen and oxygen atoms in total. The van der Waals surface area contributed by atoms with Gasteiger partial charge in [0, 0.05) is 65.4 Å². The molecule has 1 fully saturated rings. The van der Waals surface area contributed by atoms with Crippen LogP contribution in [0.15, 0.2) is 66.1 Å². The van der Waals surface area contributed by atoms with Gasteiger partial charge in [-0.15, -0.1) is 11.3 Å². The highest BCUT2D eigenvalue weighted by molar-refractivity contribution is 7.10. The maximum Gasteiger partial charge on any atom is 0.275 e. The van der Waals surface area contributed by atoms with E-state index in [1.165, 1.54) is 16.2 Å². The van der Waals surface area contributed by atoms with Crippen molar-refractivity contribution in [3.8, 4) is 0 Å². The standard InChI is InChI=1S/C33H36F2N4O3S/c1-22-14-19-43-29(22)21-30(40)36-24-10-8-23(9-11-24)32(42)39-18-15-33(34,35)27(26-6-4-5-7-28(26)39)20-31(41)38-16-12-25(13-17-38)37(2)3/h4-11,14,19-20,25H,12-13,15-18,21H2,1-3H3,(H,36,40)/b27-20-.